The lowest BCUT2D eigenvalue weighted by Crippen LogP contribution is -2.36. The fourth-order valence-electron chi connectivity index (χ4n) is 3.93. The van der Waals surface area contributed by atoms with E-state index in [4.69, 9.17) is 28.4 Å². The van der Waals surface area contributed by atoms with Crippen molar-refractivity contribution in [2.45, 2.75) is 64.3 Å². The van der Waals surface area contributed by atoms with Crippen molar-refractivity contribution in [2.24, 2.45) is 5.92 Å². The van der Waals surface area contributed by atoms with Gasteiger partial charge in [-0.25, -0.2) is 9.18 Å². The number of halogens is 1. The third-order valence-electron chi connectivity index (χ3n) is 5.81. The minimum atomic E-state index is -1.52. The van der Waals surface area contributed by atoms with Crippen LogP contribution in [0, 0.1) is 5.92 Å². The number of fused-ring (bicyclic) bond motifs is 2. The van der Waals surface area contributed by atoms with Crippen LogP contribution < -0.4 is 9.47 Å². The normalized spacial score (nSPS) is 29.4. The molecule has 1 aromatic rings. The average molecular weight is 481 g/mol. The van der Waals surface area contributed by atoms with Crippen LogP contribution in [0.25, 0.3) is 6.08 Å². The lowest BCUT2D eigenvalue weighted by molar-refractivity contribution is -0.153. The second-order valence-corrected chi connectivity index (χ2v) is 8.88. The number of aliphatic hydroxyl groups excluding tert-OH is 1. The van der Waals surface area contributed by atoms with E-state index in [0.29, 0.717) is 17.7 Å². The highest BCUT2D eigenvalue weighted by atomic mass is 19.1. The Bertz CT molecular complexity index is 941. The van der Waals surface area contributed by atoms with Gasteiger partial charge in [-0.15, -0.1) is 0 Å². The van der Waals surface area contributed by atoms with Gasteiger partial charge in [0.05, 0.1) is 13.2 Å². The van der Waals surface area contributed by atoms with Gasteiger partial charge in [0.25, 0.3) is 0 Å². The fourth-order valence-corrected chi connectivity index (χ4v) is 3.93. The number of hydrogen-bond acceptors (Lipinski definition) is 8. The van der Waals surface area contributed by atoms with Crippen molar-refractivity contribution < 1.29 is 42.7 Å². The zero-order valence-electron chi connectivity index (χ0n) is 20.4. The largest absolute Gasteiger partial charge is 0.497 e. The van der Waals surface area contributed by atoms with Crippen molar-refractivity contribution in [3.63, 3.8) is 0 Å². The molecule has 9 heteroatoms. The number of carbonyl (C=O) groups is 1. The van der Waals surface area contributed by atoms with E-state index in [1.807, 2.05) is 0 Å². The summed E-state index contributed by atoms with van der Waals surface area (Å²) in [5.74, 6) is -2.21. The van der Waals surface area contributed by atoms with E-state index in [9.17, 15) is 14.3 Å². The number of carbonyl (C=O) groups excluding carboxylic acids is 1. The van der Waals surface area contributed by atoms with Crippen LogP contribution >= 0.6 is 0 Å². The summed E-state index contributed by atoms with van der Waals surface area (Å²) in [6, 6.07) is 3.27. The lowest BCUT2D eigenvalue weighted by Gasteiger charge is -2.24. The molecule has 34 heavy (non-hydrogen) atoms. The Morgan fingerprint density at radius 3 is 2.62 bits per heavy atom. The Morgan fingerprint density at radius 2 is 1.94 bits per heavy atom. The molecule has 0 amide bonds. The third-order valence-corrected chi connectivity index (χ3v) is 5.81. The molecule has 1 N–H and O–H groups in total. The maximum absolute atomic E-state index is 15.0. The molecule has 0 radical (unpaired) electrons. The van der Waals surface area contributed by atoms with Gasteiger partial charge < -0.3 is 33.5 Å². The molecule has 188 valence electrons. The number of cyclic esters (lactones) is 1. The van der Waals surface area contributed by atoms with Gasteiger partial charge in [0.1, 0.15) is 41.2 Å². The number of methoxy groups -OCH3 is 2. The third kappa shape index (κ3) is 5.96. The first kappa shape index (κ1) is 26.2. The van der Waals surface area contributed by atoms with Gasteiger partial charge in [-0.1, -0.05) is 19.1 Å². The standard InChI is InChI=1S/C25H33FO8/c1-14-10-18(26)22(27)23-19(33-25(3,4)34-23)9-7-8-16-11-17(30-6)12-20(31-13-29-5)21(16)24(28)32-15(14)2/h7-8,10-12,14-15,19,22-23,27H,9,13H2,1-6H3/t14-,15+,19+,22?,23?/m1/s1. The molecule has 5 atom stereocenters. The second-order valence-electron chi connectivity index (χ2n) is 8.88. The van der Waals surface area contributed by atoms with Crippen LogP contribution in [0.4, 0.5) is 4.39 Å². The topological polar surface area (TPSA) is 92.7 Å². The molecular formula is C25H33FO8. The van der Waals surface area contributed by atoms with E-state index in [2.05, 4.69) is 0 Å². The van der Waals surface area contributed by atoms with E-state index in [1.54, 1.807) is 52.0 Å². The van der Waals surface area contributed by atoms with E-state index < -0.39 is 47.9 Å². The molecule has 1 aromatic carbocycles. The van der Waals surface area contributed by atoms with E-state index in [-0.39, 0.29) is 18.1 Å². The second kappa shape index (κ2) is 10.9. The fraction of sp³-hybridized carbons (Fsp3) is 0.560. The summed E-state index contributed by atoms with van der Waals surface area (Å²) >= 11 is 0. The Labute approximate surface area is 199 Å². The number of ether oxygens (including phenoxy) is 6. The lowest BCUT2D eigenvalue weighted by atomic mass is 9.98. The van der Waals surface area contributed by atoms with Crippen molar-refractivity contribution in [3.05, 3.63) is 41.2 Å². The molecule has 0 aliphatic carbocycles. The first-order chi connectivity index (χ1) is 16.1. The van der Waals surface area contributed by atoms with Crippen LogP contribution in [-0.2, 0) is 18.9 Å². The van der Waals surface area contributed by atoms with Gasteiger partial charge in [0, 0.05) is 19.1 Å². The Hall–Kier alpha value is -2.46. The minimum absolute atomic E-state index is 0.0849. The van der Waals surface area contributed by atoms with Crippen LogP contribution in [0.1, 0.15) is 50.0 Å². The van der Waals surface area contributed by atoms with Crippen molar-refractivity contribution in [2.75, 3.05) is 21.0 Å². The van der Waals surface area contributed by atoms with Gasteiger partial charge in [0.15, 0.2) is 12.6 Å². The van der Waals surface area contributed by atoms with Crippen molar-refractivity contribution in [3.8, 4) is 11.5 Å². The highest BCUT2D eigenvalue weighted by Gasteiger charge is 2.45. The molecule has 2 heterocycles. The number of benzene rings is 1. The summed E-state index contributed by atoms with van der Waals surface area (Å²) in [5, 5.41) is 10.7. The minimum Gasteiger partial charge on any atom is -0.497 e. The molecule has 0 saturated carbocycles. The summed E-state index contributed by atoms with van der Waals surface area (Å²) in [7, 11) is 2.98. The van der Waals surface area contributed by atoms with Crippen LogP contribution in [-0.4, -0.2) is 62.3 Å². The molecule has 0 spiro atoms. The van der Waals surface area contributed by atoms with Gasteiger partial charge >= 0.3 is 5.97 Å². The van der Waals surface area contributed by atoms with Crippen LogP contribution in [0.3, 0.4) is 0 Å². The molecule has 0 bridgehead atoms. The maximum Gasteiger partial charge on any atom is 0.342 e. The van der Waals surface area contributed by atoms with Crippen LogP contribution in [0.15, 0.2) is 30.1 Å². The molecular weight excluding hydrogens is 447 g/mol. The molecule has 2 aliphatic heterocycles. The zero-order valence-corrected chi connectivity index (χ0v) is 20.4. The van der Waals surface area contributed by atoms with Crippen molar-refractivity contribution >= 4 is 12.0 Å². The number of esters is 1. The summed E-state index contributed by atoms with van der Waals surface area (Å²) in [4.78, 5) is 13.2. The van der Waals surface area contributed by atoms with E-state index >= 15 is 0 Å². The summed E-state index contributed by atoms with van der Waals surface area (Å²) in [6.07, 6.45) is 1.28. The summed E-state index contributed by atoms with van der Waals surface area (Å²) < 4.78 is 48.4. The van der Waals surface area contributed by atoms with Crippen LogP contribution in [0.5, 0.6) is 11.5 Å². The van der Waals surface area contributed by atoms with Crippen LogP contribution in [0.2, 0.25) is 0 Å². The number of rotatable bonds is 4. The SMILES string of the molecule is COCOc1cc(OC)cc2c1C(=O)O[C@@H](C)[C@H](C)C=C(F)C(O)C1OC(C)(C)O[C@H]1CC=C2. The van der Waals surface area contributed by atoms with Gasteiger partial charge in [0.2, 0.25) is 0 Å². The number of hydrogen-bond donors (Lipinski definition) is 1. The van der Waals surface area contributed by atoms with E-state index in [1.165, 1.54) is 20.3 Å². The summed E-state index contributed by atoms with van der Waals surface area (Å²) in [5.41, 5.74) is 0.694. The van der Waals surface area contributed by atoms with Crippen molar-refractivity contribution in [1.82, 2.24) is 0 Å². The summed E-state index contributed by atoms with van der Waals surface area (Å²) in [6.45, 7) is 6.69. The molecule has 2 aliphatic rings. The number of aliphatic hydroxyl groups is 1. The smallest absolute Gasteiger partial charge is 0.342 e. The van der Waals surface area contributed by atoms with Gasteiger partial charge in [-0.3, -0.25) is 0 Å². The highest BCUT2D eigenvalue weighted by molar-refractivity contribution is 5.97. The average Bonchev–Trinajstić information content (AvgIpc) is 3.09. The Balaban J connectivity index is 2.09. The van der Waals surface area contributed by atoms with E-state index in [0.717, 1.165) is 0 Å². The monoisotopic (exact) mass is 480 g/mol. The van der Waals surface area contributed by atoms with Gasteiger partial charge in [-0.05, 0) is 44.9 Å². The van der Waals surface area contributed by atoms with Crippen molar-refractivity contribution in [1.29, 1.82) is 0 Å². The molecule has 1 saturated heterocycles. The highest BCUT2D eigenvalue weighted by Crippen LogP contribution is 2.36. The Morgan fingerprint density at radius 1 is 1.21 bits per heavy atom. The molecule has 0 aromatic heterocycles. The molecule has 2 unspecified atom stereocenters. The predicted octanol–water partition coefficient (Wildman–Crippen LogP) is 4.01. The molecule has 3 rings (SSSR count). The maximum atomic E-state index is 15.0. The zero-order chi connectivity index (χ0) is 25.0. The Kier molecular flexibility index (Phi) is 8.35. The predicted molar refractivity (Wildman–Crippen MR) is 122 cm³/mol. The molecule has 8 nitrogen and oxygen atoms in total. The quantitative estimate of drug-likeness (QED) is 0.511. The van der Waals surface area contributed by atoms with Gasteiger partial charge in [-0.2, -0.15) is 0 Å². The molecule has 1 fully saturated rings. The first-order valence-electron chi connectivity index (χ1n) is 11.2. The first-order valence-corrected chi connectivity index (χ1v) is 11.2.